The molecule has 0 radical (unpaired) electrons. The van der Waals surface area contributed by atoms with E-state index in [2.05, 4.69) is 24.3 Å². The van der Waals surface area contributed by atoms with Crippen LogP contribution < -0.4 is 0 Å². The molecule has 0 aliphatic carbocycles. The third kappa shape index (κ3) is 3.66. The van der Waals surface area contributed by atoms with E-state index < -0.39 is 6.10 Å². The topological polar surface area (TPSA) is 40.5 Å². The molecule has 0 saturated carbocycles. The number of rotatable bonds is 4. The minimum absolute atomic E-state index is 0.230. The van der Waals surface area contributed by atoms with Gasteiger partial charge in [0.15, 0.2) is 0 Å². The molecule has 0 saturated heterocycles. The van der Waals surface area contributed by atoms with Crippen LogP contribution in [0, 0.1) is 6.92 Å². The first-order chi connectivity index (χ1) is 7.50. The van der Waals surface area contributed by atoms with Gasteiger partial charge in [0.2, 0.25) is 0 Å². The predicted molar refractivity (Wildman–Crippen MR) is 64.2 cm³/mol. The number of aliphatic hydroxyl groups excluding tert-OH is 1. The van der Waals surface area contributed by atoms with Gasteiger partial charge < -0.3 is 10.0 Å². The van der Waals surface area contributed by atoms with Gasteiger partial charge in [0.1, 0.15) is 6.10 Å². The van der Waals surface area contributed by atoms with Crippen molar-refractivity contribution >= 4 is 5.91 Å². The second kappa shape index (κ2) is 5.66. The minimum Gasteiger partial charge on any atom is -0.384 e. The van der Waals surface area contributed by atoms with E-state index in [-0.39, 0.29) is 5.91 Å². The molecule has 0 fully saturated rings. The van der Waals surface area contributed by atoms with Gasteiger partial charge in [0.05, 0.1) is 0 Å². The van der Waals surface area contributed by atoms with Crippen LogP contribution in [0.2, 0.25) is 0 Å². The molecule has 0 aliphatic heterocycles. The van der Waals surface area contributed by atoms with Crippen molar-refractivity contribution < 1.29 is 9.90 Å². The van der Waals surface area contributed by atoms with Gasteiger partial charge in [-0.2, -0.15) is 0 Å². The summed E-state index contributed by atoms with van der Waals surface area (Å²) in [6.45, 7) is 4.17. The Balaban J connectivity index is 2.45. The number of benzene rings is 1. The molecule has 1 aromatic carbocycles. The lowest BCUT2D eigenvalue weighted by Crippen LogP contribution is -2.35. The SMILES string of the molecule is Cc1ccc(CCN(C)C(=O)C(C)O)cc1. The third-order valence-electron chi connectivity index (χ3n) is 2.59. The zero-order valence-corrected chi connectivity index (χ0v) is 10.1. The number of likely N-dealkylation sites (N-methyl/N-ethyl adjacent to an activating group) is 1. The van der Waals surface area contributed by atoms with Crippen LogP contribution in [0.5, 0.6) is 0 Å². The highest BCUT2D eigenvalue weighted by molar-refractivity contribution is 5.79. The summed E-state index contributed by atoms with van der Waals surface area (Å²) in [5.74, 6) is -0.230. The normalized spacial score (nSPS) is 12.2. The molecule has 0 heterocycles. The lowest BCUT2D eigenvalue weighted by molar-refractivity contribution is -0.137. The van der Waals surface area contributed by atoms with E-state index in [4.69, 9.17) is 5.11 Å². The lowest BCUT2D eigenvalue weighted by atomic mass is 10.1. The zero-order valence-electron chi connectivity index (χ0n) is 10.1. The van der Waals surface area contributed by atoms with Crippen LogP contribution in [0.15, 0.2) is 24.3 Å². The molecule has 0 aliphatic rings. The summed E-state index contributed by atoms with van der Waals surface area (Å²) in [6, 6.07) is 8.25. The van der Waals surface area contributed by atoms with Crippen LogP contribution in [-0.4, -0.2) is 35.6 Å². The first-order valence-electron chi connectivity index (χ1n) is 5.49. The summed E-state index contributed by atoms with van der Waals surface area (Å²) < 4.78 is 0. The van der Waals surface area contributed by atoms with Crippen molar-refractivity contribution in [1.82, 2.24) is 4.90 Å². The Morgan fingerprint density at radius 1 is 1.38 bits per heavy atom. The molecule has 1 N–H and O–H groups in total. The maximum atomic E-state index is 11.4. The highest BCUT2D eigenvalue weighted by Gasteiger charge is 2.13. The van der Waals surface area contributed by atoms with Crippen molar-refractivity contribution in [3.8, 4) is 0 Å². The molecule has 1 amide bonds. The van der Waals surface area contributed by atoms with Crippen LogP contribution >= 0.6 is 0 Å². The molecule has 0 aromatic heterocycles. The number of hydrogen-bond donors (Lipinski definition) is 1. The van der Waals surface area contributed by atoms with Gasteiger partial charge in [0.25, 0.3) is 5.91 Å². The Kier molecular flexibility index (Phi) is 4.50. The first kappa shape index (κ1) is 12.7. The van der Waals surface area contributed by atoms with Gasteiger partial charge >= 0.3 is 0 Å². The molecule has 16 heavy (non-hydrogen) atoms. The van der Waals surface area contributed by atoms with E-state index in [0.29, 0.717) is 6.54 Å². The average Bonchev–Trinajstić information content (AvgIpc) is 2.26. The van der Waals surface area contributed by atoms with E-state index in [0.717, 1.165) is 6.42 Å². The van der Waals surface area contributed by atoms with Crippen molar-refractivity contribution in [3.05, 3.63) is 35.4 Å². The van der Waals surface area contributed by atoms with E-state index in [1.165, 1.54) is 18.1 Å². The minimum atomic E-state index is -0.914. The van der Waals surface area contributed by atoms with E-state index in [9.17, 15) is 4.79 Å². The van der Waals surface area contributed by atoms with Crippen molar-refractivity contribution in [2.75, 3.05) is 13.6 Å². The molecule has 3 nitrogen and oxygen atoms in total. The Labute approximate surface area is 96.7 Å². The highest BCUT2D eigenvalue weighted by Crippen LogP contribution is 2.04. The van der Waals surface area contributed by atoms with Gasteiger partial charge in [-0.25, -0.2) is 0 Å². The van der Waals surface area contributed by atoms with Crippen LogP contribution in [0.3, 0.4) is 0 Å². The van der Waals surface area contributed by atoms with Gasteiger partial charge in [-0.1, -0.05) is 29.8 Å². The maximum absolute atomic E-state index is 11.4. The van der Waals surface area contributed by atoms with Crippen LogP contribution in [0.25, 0.3) is 0 Å². The number of carbonyl (C=O) groups is 1. The van der Waals surface area contributed by atoms with Crippen molar-refractivity contribution in [1.29, 1.82) is 0 Å². The molecule has 1 atom stereocenters. The first-order valence-corrected chi connectivity index (χ1v) is 5.49. The average molecular weight is 221 g/mol. The van der Waals surface area contributed by atoms with Gasteiger partial charge in [-0.05, 0) is 25.8 Å². The standard InChI is InChI=1S/C13H19NO2/c1-10-4-6-12(7-5-10)8-9-14(3)13(16)11(2)15/h4-7,11,15H,8-9H2,1-3H3. The van der Waals surface area contributed by atoms with Crippen molar-refractivity contribution in [2.24, 2.45) is 0 Å². The summed E-state index contributed by atoms with van der Waals surface area (Å²) in [6.07, 6.45) is -0.0992. The maximum Gasteiger partial charge on any atom is 0.250 e. The molecule has 88 valence electrons. The van der Waals surface area contributed by atoms with Gasteiger partial charge in [-0.15, -0.1) is 0 Å². The molecule has 1 unspecified atom stereocenters. The summed E-state index contributed by atoms with van der Waals surface area (Å²) in [5, 5.41) is 9.13. The third-order valence-corrected chi connectivity index (χ3v) is 2.59. The molecule has 1 rings (SSSR count). The van der Waals surface area contributed by atoms with Crippen LogP contribution in [-0.2, 0) is 11.2 Å². The largest absolute Gasteiger partial charge is 0.384 e. The molecular weight excluding hydrogens is 202 g/mol. The molecule has 1 aromatic rings. The number of amides is 1. The molecular formula is C13H19NO2. The Morgan fingerprint density at radius 2 is 1.94 bits per heavy atom. The van der Waals surface area contributed by atoms with E-state index in [1.807, 2.05) is 6.92 Å². The summed E-state index contributed by atoms with van der Waals surface area (Å²) in [7, 11) is 1.71. The molecule has 3 heteroatoms. The van der Waals surface area contributed by atoms with Crippen LogP contribution in [0.1, 0.15) is 18.1 Å². The fourth-order valence-electron chi connectivity index (χ4n) is 1.48. The van der Waals surface area contributed by atoms with E-state index >= 15 is 0 Å². The van der Waals surface area contributed by atoms with Crippen molar-refractivity contribution in [3.63, 3.8) is 0 Å². The van der Waals surface area contributed by atoms with Gasteiger partial charge in [-0.3, -0.25) is 4.79 Å². The number of carbonyl (C=O) groups excluding carboxylic acids is 1. The second-order valence-corrected chi connectivity index (χ2v) is 4.17. The number of aryl methyl sites for hydroxylation is 1. The monoisotopic (exact) mass is 221 g/mol. The number of aliphatic hydroxyl groups is 1. The van der Waals surface area contributed by atoms with E-state index in [1.54, 1.807) is 11.9 Å². The van der Waals surface area contributed by atoms with Crippen LogP contribution in [0.4, 0.5) is 0 Å². The summed E-state index contributed by atoms with van der Waals surface area (Å²) in [4.78, 5) is 13.0. The summed E-state index contributed by atoms with van der Waals surface area (Å²) in [5.41, 5.74) is 2.44. The highest BCUT2D eigenvalue weighted by atomic mass is 16.3. The molecule has 0 spiro atoms. The fourth-order valence-corrected chi connectivity index (χ4v) is 1.48. The quantitative estimate of drug-likeness (QED) is 0.834. The van der Waals surface area contributed by atoms with Crippen molar-refractivity contribution in [2.45, 2.75) is 26.4 Å². The van der Waals surface area contributed by atoms with Gasteiger partial charge in [0, 0.05) is 13.6 Å². The summed E-state index contributed by atoms with van der Waals surface area (Å²) >= 11 is 0. The Hall–Kier alpha value is -1.35. The smallest absolute Gasteiger partial charge is 0.250 e. The number of hydrogen-bond acceptors (Lipinski definition) is 2. The Morgan fingerprint density at radius 3 is 2.44 bits per heavy atom. The Bertz CT molecular complexity index is 343. The zero-order chi connectivity index (χ0) is 12.1. The lowest BCUT2D eigenvalue weighted by Gasteiger charge is -2.18. The molecule has 0 bridgehead atoms. The number of nitrogens with zero attached hydrogens (tertiary/aromatic N) is 1. The predicted octanol–water partition coefficient (Wildman–Crippen LogP) is 1.38. The fraction of sp³-hybridized carbons (Fsp3) is 0.462. The second-order valence-electron chi connectivity index (χ2n) is 4.17.